The van der Waals surface area contributed by atoms with E-state index < -0.39 is 12.0 Å². The first-order valence-electron chi connectivity index (χ1n) is 4.95. The highest BCUT2D eigenvalue weighted by molar-refractivity contribution is 5.75. The number of hydrogen-bond donors (Lipinski definition) is 2. The molecule has 1 unspecified atom stereocenters. The van der Waals surface area contributed by atoms with Crippen LogP contribution in [0.1, 0.15) is 12.5 Å². The molecule has 16 heavy (non-hydrogen) atoms. The van der Waals surface area contributed by atoms with Crippen LogP contribution in [0.15, 0.2) is 30.3 Å². The third-order valence-electron chi connectivity index (χ3n) is 1.83. The number of primary amides is 1. The Morgan fingerprint density at radius 3 is 2.62 bits per heavy atom. The zero-order chi connectivity index (χ0) is 12.0. The van der Waals surface area contributed by atoms with Crippen molar-refractivity contribution in [1.29, 1.82) is 0 Å². The fourth-order valence-electron chi connectivity index (χ4n) is 1.08. The number of amides is 1. The van der Waals surface area contributed by atoms with E-state index in [2.05, 4.69) is 0 Å². The number of carbonyl (C=O) groups excluding carboxylic acids is 1. The molecule has 0 aromatic heterocycles. The first kappa shape index (κ1) is 12.3. The van der Waals surface area contributed by atoms with E-state index in [1.165, 1.54) is 0 Å². The SMILES string of the molecule is CC(O)/C=C/c1ccc(OCC(N)=O)cc1. The maximum Gasteiger partial charge on any atom is 0.255 e. The highest BCUT2D eigenvalue weighted by atomic mass is 16.5. The maximum atomic E-state index is 10.5. The summed E-state index contributed by atoms with van der Waals surface area (Å²) in [4.78, 5) is 10.5. The number of benzene rings is 1. The summed E-state index contributed by atoms with van der Waals surface area (Å²) in [5.41, 5.74) is 5.90. The Balaban J connectivity index is 2.57. The molecule has 0 bridgehead atoms. The van der Waals surface area contributed by atoms with Crippen molar-refractivity contribution >= 4 is 12.0 Å². The largest absolute Gasteiger partial charge is 0.484 e. The smallest absolute Gasteiger partial charge is 0.255 e. The molecule has 1 rings (SSSR count). The summed E-state index contributed by atoms with van der Waals surface area (Å²) in [6.07, 6.45) is 3.02. The van der Waals surface area contributed by atoms with Crippen molar-refractivity contribution in [2.75, 3.05) is 6.61 Å². The van der Waals surface area contributed by atoms with Crippen molar-refractivity contribution in [2.24, 2.45) is 5.73 Å². The Hall–Kier alpha value is -1.81. The second-order valence-corrected chi connectivity index (χ2v) is 3.42. The zero-order valence-corrected chi connectivity index (χ0v) is 9.09. The van der Waals surface area contributed by atoms with E-state index in [9.17, 15) is 4.79 Å². The highest BCUT2D eigenvalue weighted by Crippen LogP contribution is 2.13. The molecule has 0 fully saturated rings. The minimum atomic E-state index is -0.502. The molecule has 3 N–H and O–H groups in total. The van der Waals surface area contributed by atoms with E-state index in [-0.39, 0.29) is 6.61 Å². The van der Waals surface area contributed by atoms with E-state index >= 15 is 0 Å². The summed E-state index contributed by atoms with van der Waals surface area (Å²) < 4.78 is 5.10. The Labute approximate surface area is 94.3 Å². The van der Waals surface area contributed by atoms with Gasteiger partial charge in [-0.2, -0.15) is 0 Å². The number of nitrogens with two attached hydrogens (primary N) is 1. The van der Waals surface area contributed by atoms with Crippen LogP contribution in [-0.2, 0) is 4.79 Å². The summed E-state index contributed by atoms with van der Waals surface area (Å²) >= 11 is 0. The summed E-state index contributed by atoms with van der Waals surface area (Å²) in [6, 6.07) is 7.14. The van der Waals surface area contributed by atoms with E-state index in [1.54, 1.807) is 25.1 Å². The summed E-state index contributed by atoms with van der Waals surface area (Å²) in [6.45, 7) is 1.56. The number of rotatable bonds is 5. The lowest BCUT2D eigenvalue weighted by atomic mass is 10.2. The molecule has 4 nitrogen and oxygen atoms in total. The second kappa shape index (κ2) is 5.92. The maximum absolute atomic E-state index is 10.5. The highest BCUT2D eigenvalue weighted by Gasteiger charge is 1.96. The van der Waals surface area contributed by atoms with Crippen LogP contribution in [0.2, 0.25) is 0 Å². The van der Waals surface area contributed by atoms with Gasteiger partial charge >= 0.3 is 0 Å². The normalized spacial score (nSPS) is 12.6. The van der Waals surface area contributed by atoms with Crippen molar-refractivity contribution in [2.45, 2.75) is 13.0 Å². The molecule has 0 aliphatic heterocycles. The van der Waals surface area contributed by atoms with Crippen LogP contribution < -0.4 is 10.5 Å². The van der Waals surface area contributed by atoms with Crippen LogP contribution in [0.4, 0.5) is 0 Å². The van der Waals surface area contributed by atoms with Gasteiger partial charge in [-0.25, -0.2) is 0 Å². The number of hydrogen-bond acceptors (Lipinski definition) is 3. The summed E-state index contributed by atoms with van der Waals surface area (Å²) in [5.74, 6) is 0.0890. The van der Waals surface area contributed by atoms with Crippen molar-refractivity contribution in [3.05, 3.63) is 35.9 Å². The van der Waals surface area contributed by atoms with Gasteiger partial charge in [-0.1, -0.05) is 24.3 Å². The van der Waals surface area contributed by atoms with Crippen LogP contribution in [0, 0.1) is 0 Å². The van der Waals surface area contributed by atoms with Crippen molar-refractivity contribution in [3.8, 4) is 5.75 Å². The van der Waals surface area contributed by atoms with Gasteiger partial charge in [0.15, 0.2) is 6.61 Å². The third-order valence-corrected chi connectivity index (χ3v) is 1.83. The predicted octanol–water partition coefficient (Wildman–Crippen LogP) is 0.945. The van der Waals surface area contributed by atoms with Gasteiger partial charge in [0.1, 0.15) is 5.75 Å². The standard InChI is InChI=1S/C12H15NO3/c1-9(14)2-3-10-4-6-11(7-5-10)16-8-12(13)15/h2-7,9,14H,8H2,1H3,(H2,13,15)/b3-2+. The van der Waals surface area contributed by atoms with Crippen molar-refractivity contribution in [1.82, 2.24) is 0 Å². The van der Waals surface area contributed by atoms with Gasteiger partial charge in [-0.15, -0.1) is 0 Å². The average Bonchev–Trinajstić information content (AvgIpc) is 2.25. The van der Waals surface area contributed by atoms with Crippen LogP contribution in [0.25, 0.3) is 6.08 Å². The first-order valence-corrected chi connectivity index (χ1v) is 4.95. The van der Waals surface area contributed by atoms with Gasteiger partial charge in [0, 0.05) is 0 Å². The van der Waals surface area contributed by atoms with Gasteiger partial charge in [-0.3, -0.25) is 4.79 Å². The van der Waals surface area contributed by atoms with Crippen LogP contribution in [0.3, 0.4) is 0 Å². The molecule has 0 saturated heterocycles. The monoisotopic (exact) mass is 221 g/mol. The first-order chi connectivity index (χ1) is 7.58. The molecule has 4 heteroatoms. The quantitative estimate of drug-likeness (QED) is 0.777. The van der Waals surface area contributed by atoms with Gasteiger partial charge in [-0.05, 0) is 24.6 Å². The minimum Gasteiger partial charge on any atom is -0.484 e. The average molecular weight is 221 g/mol. The second-order valence-electron chi connectivity index (χ2n) is 3.42. The third kappa shape index (κ3) is 4.61. The molecule has 1 amide bonds. The lowest BCUT2D eigenvalue weighted by molar-refractivity contribution is -0.119. The number of aliphatic hydroxyl groups excluding tert-OH is 1. The van der Waals surface area contributed by atoms with Crippen LogP contribution in [0.5, 0.6) is 5.75 Å². The zero-order valence-electron chi connectivity index (χ0n) is 9.09. The Morgan fingerprint density at radius 2 is 2.12 bits per heavy atom. The fraction of sp³-hybridized carbons (Fsp3) is 0.250. The minimum absolute atomic E-state index is 0.122. The molecular weight excluding hydrogens is 206 g/mol. The molecule has 0 aliphatic rings. The van der Waals surface area contributed by atoms with Crippen LogP contribution >= 0.6 is 0 Å². The summed E-state index contributed by atoms with van der Waals surface area (Å²) in [7, 11) is 0. The molecule has 1 aromatic rings. The predicted molar refractivity (Wildman–Crippen MR) is 61.8 cm³/mol. The van der Waals surface area contributed by atoms with E-state index in [0.717, 1.165) is 5.56 Å². The lowest BCUT2D eigenvalue weighted by Gasteiger charge is -2.03. The molecule has 0 heterocycles. The van der Waals surface area contributed by atoms with E-state index in [4.69, 9.17) is 15.6 Å². The number of aliphatic hydroxyl groups is 1. The molecule has 1 aromatic carbocycles. The van der Waals surface area contributed by atoms with E-state index in [1.807, 2.05) is 18.2 Å². The molecule has 0 radical (unpaired) electrons. The summed E-state index contributed by atoms with van der Waals surface area (Å²) in [5, 5.41) is 9.05. The van der Waals surface area contributed by atoms with Crippen molar-refractivity contribution in [3.63, 3.8) is 0 Å². The molecule has 0 spiro atoms. The Kier molecular flexibility index (Phi) is 4.54. The topological polar surface area (TPSA) is 72.6 Å². The molecule has 86 valence electrons. The molecule has 0 saturated carbocycles. The van der Waals surface area contributed by atoms with Gasteiger partial charge < -0.3 is 15.6 Å². The Morgan fingerprint density at radius 1 is 1.50 bits per heavy atom. The van der Waals surface area contributed by atoms with Gasteiger partial charge in [0.05, 0.1) is 6.10 Å². The van der Waals surface area contributed by atoms with Gasteiger partial charge in [0.2, 0.25) is 0 Å². The van der Waals surface area contributed by atoms with E-state index in [0.29, 0.717) is 5.75 Å². The van der Waals surface area contributed by atoms with Gasteiger partial charge in [0.25, 0.3) is 5.91 Å². The van der Waals surface area contributed by atoms with Crippen molar-refractivity contribution < 1.29 is 14.6 Å². The lowest BCUT2D eigenvalue weighted by Crippen LogP contribution is -2.19. The fourth-order valence-corrected chi connectivity index (χ4v) is 1.08. The Bertz CT molecular complexity index is 368. The number of ether oxygens (including phenoxy) is 1. The number of carbonyl (C=O) groups is 1. The van der Waals surface area contributed by atoms with Crippen LogP contribution in [-0.4, -0.2) is 23.7 Å². The molecule has 0 aliphatic carbocycles. The molecular formula is C12H15NO3. The molecule has 1 atom stereocenters.